The van der Waals surface area contributed by atoms with Gasteiger partial charge in [-0.2, -0.15) is 0 Å². The molecule has 0 aliphatic carbocycles. The first-order chi connectivity index (χ1) is 11.4. The second kappa shape index (κ2) is 8.10. The van der Waals surface area contributed by atoms with Gasteiger partial charge in [0, 0.05) is 11.8 Å². The van der Waals surface area contributed by atoms with E-state index in [9.17, 15) is 18.0 Å². The number of amides is 1. The third-order valence-corrected chi connectivity index (χ3v) is 5.45. The fraction of sp³-hybridized carbons (Fsp3) is 0.412. The van der Waals surface area contributed by atoms with Gasteiger partial charge in [0.15, 0.2) is 16.4 Å². The van der Waals surface area contributed by atoms with Crippen molar-refractivity contribution >= 4 is 27.4 Å². The summed E-state index contributed by atoms with van der Waals surface area (Å²) in [6, 6.07) is 8.40. The average Bonchev–Trinajstić information content (AvgIpc) is 2.91. The summed E-state index contributed by atoms with van der Waals surface area (Å²) in [5.74, 6) is -1.02. The summed E-state index contributed by atoms with van der Waals surface area (Å²) in [5.41, 5.74) is 0.602. The zero-order valence-electron chi connectivity index (χ0n) is 13.6. The van der Waals surface area contributed by atoms with Gasteiger partial charge in [0.2, 0.25) is 0 Å². The molecule has 0 spiro atoms. The van der Waals surface area contributed by atoms with Crippen LogP contribution in [0.2, 0.25) is 0 Å². The molecule has 1 aromatic carbocycles. The van der Waals surface area contributed by atoms with E-state index in [-0.39, 0.29) is 11.5 Å². The lowest BCUT2D eigenvalue weighted by Gasteiger charge is -2.28. The highest BCUT2D eigenvalue weighted by Gasteiger charge is 2.35. The van der Waals surface area contributed by atoms with Crippen molar-refractivity contribution in [1.29, 1.82) is 0 Å². The molecule has 1 fully saturated rings. The summed E-state index contributed by atoms with van der Waals surface area (Å²) in [7, 11) is -3.14. The second-order valence-corrected chi connectivity index (χ2v) is 7.80. The molecule has 1 aliphatic heterocycles. The van der Waals surface area contributed by atoms with Crippen LogP contribution in [0.1, 0.15) is 19.8 Å². The Bertz CT molecular complexity index is 712. The SMILES string of the molecule is CC/C=C/C(=O)OCC(=O)N(c1ccccc1)[C@H]1CCS(=O)(=O)C1. The van der Waals surface area contributed by atoms with E-state index in [1.165, 1.54) is 11.0 Å². The molecule has 0 unspecified atom stereocenters. The van der Waals surface area contributed by atoms with Gasteiger partial charge in [-0.25, -0.2) is 13.2 Å². The molecule has 1 atom stereocenters. The number of sulfone groups is 1. The van der Waals surface area contributed by atoms with Gasteiger partial charge >= 0.3 is 5.97 Å². The number of carbonyl (C=O) groups excluding carboxylic acids is 2. The number of ether oxygens (including phenoxy) is 1. The monoisotopic (exact) mass is 351 g/mol. The quantitative estimate of drug-likeness (QED) is 0.576. The van der Waals surface area contributed by atoms with Gasteiger partial charge in [-0.05, 0) is 25.0 Å². The van der Waals surface area contributed by atoms with Crippen LogP contribution in [-0.2, 0) is 24.2 Å². The van der Waals surface area contributed by atoms with Crippen LogP contribution in [0, 0.1) is 0 Å². The third-order valence-electron chi connectivity index (χ3n) is 3.70. The Labute approximate surface area is 142 Å². The van der Waals surface area contributed by atoms with Crippen LogP contribution in [0.4, 0.5) is 5.69 Å². The molecule has 130 valence electrons. The minimum absolute atomic E-state index is 0.0628. The van der Waals surface area contributed by atoms with E-state index < -0.39 is 34.4 Å². The molecular formula is C17H21NO5S. The van der Waals surface area contributed by atoms with Gasteiger partial charge in [0.05, 0.1) is 17.5 Å². The lowest BCUT2D eigenvalue weighted by atomic mass is 10.2. The fourth-order valence-corrected chi connectivity index (χ4v) is 4.29. The normalized spacial score (nSPS) is 19.3. The highest BCUT2D eigenvalue weighted by atomic mass is 32.2. The van der Waals surface area contributed by atoms with Crippen molar-refractivity contribution in [1.82, 2.24) is 0 Å². The van der Waals surface area contributed by atoms with Crippen LogP contribution >= 0.6 is 0 Å². The first kappa shape index (κ1) is 18.2. The van der Waals surface area contributed by atoms with Gasteiger partial charge in [-0.15, -0.1) is 0 Å². The van der Waals surface area contributed by atoms with Gasteiger partial charge in [-0.1, -0.05) is 31.2 Å². The highest BCUT2D eigenvalue weighted by Crippen LogP contribution is 2.24. The molecule has 1 aromatic rings. The zero-order chi connectivity index (χ0) is 17.6. The Kier molecular flexibility index (Phi) is 6.14. The largest absolute Gasteiger partial charge is 0.452 e. The average molecular weight is 351 g/mol. The molecule has 1 aliphatic rings. The standard InChI is InChI=1S/C17H21NO5S/c1-2-3-9-17(20)23-12-16(19)18(14-7-5-4-6-8-14)15-10-11-24(21,22)13-15/h3-9,15H,2,10-13H2,1H3/b9-3+/t15-/m0/s1. The van der Waals surface area contributed by atoms with E-state index >= 15 is 0 Å². The molecule has 24 heavy (non-hydrogen) atoms. The highest BCUT2D eigenvalue weighted by molar-refractivity contribution is 7.91. The lowest BCUT2D eigenvalue weighted by molar-refractivity contribution is -0.143. The van der Waals surface area contributed by atoms with Crippen molar-refractivity contribution in [2.24, 2.45) is 0 Å². The van der Waals surface area contributed by atoms with E-state index in [1.807, 2.05) is 13.0 Å². The summed E-state index contributed by atoms with van der Waals surface area (Å²) < 4.78 is 28.5. The van der Waals surface area contributed by atoms with E-state index in [4.69, 9.17) is 4.74 Å². The molecule has 0 bridgehead atoms. The van der Waals surface area contributed by atoms with Gasteiger partial charge < -0.3 is 9.64 Å². The van der Waals surface area contributed by atoms with E-state index in [1.54, 1.807) is 30.3 Å². The smallest absolute Gasteiger partial charge is 0.330 e. The maximum Gasteiger partial charge on any atom is 0.330 e. The van der Waals surface area contributed by atoms with E-state index in [0.29, 0.717) is 18.5 Å². The Morgan fingerprint density at radius 2 is 2.00 bits per heavy atom. The molecule has 0 aromatic heterocycles. The summed E-state index contributed by atoms with van der Waals surface area (Å²) in [6.07, 6.45) is 4.00. The predicted molar refractivity (Wildman–Crippen MR) is 91.4 cm³/mol. The van der Waals surface area contributed by atoms with Gasteiger partial charge in [-0.3, -0.25) is 4.79 Å². The Morgan fingerprint density at radius 1 is 1.29 bits per heavy atom. The predicted octanol–water partition coefficient (Wildman–Crippen LogP) is 1.72. The number of benzene rings is 1. The van der Waals surface area contributed by atoms with Crippen LogP contribution in [0.25, 0.3) is 0 Å². The zero-order valence-corrected chi connectivity index (χ0v) is 14.4. The number of rotatable bonds is 6. The summed E-state index contributed by atoms with van der Waals surface area (Å²) in [5, 5.41) is 0. The van der Waals surface area contributed by atoms with Crippen LogP contribution in [0.3, 0.4) is 0 Å². The van der Waals surface area contributed by atoms with Crippen LogP contribution in [-0.4, -0.2) is 44.4 Å². The van der Waals surface area contributed by atoms with Crippen molar-refractivity contribution in [3.63, 3.8) is 0 Å². The molecule has 0 N–H and O–H groups in total. The van der Waals surface area contributed by atoms with E-state index in [2.05, 4.69) is 0 Å². The van der Waals surface area contributed by atoms with Crippen LogP contribution in [0.5, 0.6) is 0 Å². The second-order valence-electron chi connectivity index (χ2n) is 5.57. The summed E-state index contributed by atoms with van der Waals surface area (Å²) in [6.45, 7) is 1.46. The molecule has 1 heterocycles. The van der Waals surface area contributed by atoms with Crippen LogP contribution < -0.4 is 4.90 Å². The van der Waals surface area contributed by atoms with Crippen molar-refractivity contribution in [2.75, 3.05) is 23.0 Å². The number of carbonyl (C=O) groups is 2. The number of hydrogen-bond acceptors (Lipinski definition) is 5. The Morgan fingerprint density at radius 3 is 2.58 bits per heavy atom. The topological polar surface area (TPSA) is 80.8 Å². The number of allylic oxidation sites excluding steroid dienone is 1. The number of hydrogen-bond donors (Lipinski definition) is 0. The minimum Gasteiger partial charge on any atom is -0.452 e. The number of esters is 1. The molecule has 0 radical (unpaired) electrons. The first-order valence-electron chi connectivity index (χ1n) is 7.84. The fourth-order valence-electron chi connectivity index (χ4n) is 2.59. The Balaban J connectivity index is 2.13. The van der Waals surface area contributed by atoms with Gasteiger partial charge in [0.1, 0.15) is 0 Å². The minimum atomic E-state index is -3.14. The van der Waals surface area contributed by atoms with Crippen LogP contribution in [0.15, 0.2) is 42.5 Å². The molecule has 6 nitrogen and oxygen atoms in total. The number of para-hydroxylation sites is 1. The van der Waals surface area contributed by atoms with Crippen molar-refractivity contribution in [2.45, 2.75) is 25.8 Å². The lowest BCUT2D eigenvalue weighted by Crippen LogP contribution is -2.43. The molecule has 2 rings (SSSR count). The van der Waals surface area contributed by atoms with Crippen molar-refractivity contribution < 1.29 is 22.7 Å². The first-order valence-corrected chi connectivity index (χ1v) is 9.66. The summed E-state index contributed by atoms with van der Waals surface area (Å²) in [4.78, 5) is 25.5. The van der Waals surface area contributed by atoms with Crippen molar-refractivity contribution in [3.05, 3.63) is 42.5 Å². The Hall–Kier alpha value is -2.15. The maximum atomic E-state index is 12.5. The number of nitrogens with zero attached hydrogens (tertiary/aromatic N) is 1. The van der Waals surface area contributed by atoms with Gasteiger partial charge in [0.25, 0.3) is 5.91 Å². The molecule has 1 amide bonds. The summed E-state index contributed by atoms with van der Waals surface area (Å²) >= 11 is 0. The molecule has 0 saturated carbocycles. The van der Waals surface area contributed by atoms with E-state index in [0.717, 1.165) is 0 Å². The molecule has 1 saturated heterocycles. The maximum absolute atomic E-state index is 12.5. The molecule has 7 heteroatoms. The third kappa shape index (κ3) is 4.92. The van der Waals surface area contributed by atoms with Crippen molar-refractivity contribution in [3.8, 4) is 0 Å². The molecular weight excluding hydrogens is 330 g/mol. The number of anilines is 1.